The first-order chi connectivity index (χ1) is 13.5. The number of hydrogen-bond acceptors (Lipinski definition) is 5. The highest BCUT2D eigenvalue weighted by atomic mass is 35.5. The molecule has 1 aromatic heterocycles. The third kappa shape index (κ3) is 5.26. The summed E-state index contributed by atoms with van der Waals surface area (Å²) in [5, 5.41) is 1.39. The molecule has 0 atom stereocenters. The molecule has 1 heterocycles. The quantitative estimate of drug-likeness (QED) is 0.429. The molecule has 0 saturated carbocycles. The lowest BCUT2D eigenvalue weighted by Gasteiger charge is -2.21. The van der Waals surface area contributed by atoms with Gasteiger partial charge in [-0.2, -0.15) is 0 Å². The van der Waals surface area contributed by atoms with Crippen molar-refractivity contribution in [3.63, 3.8) is 0 Å². The second kappa shape index (κ2) is 9.74. The van der Waals surface area contributed by atoms with Crippen LogP contribution in [0.25, 0.3) is 10.2 Å². The SMILES string of the molecule is CCSc1ccc(C(=O)N(CCCN(C)C)c2nc3ccc(Cl)cc3s2)cc1. The Bertz CT molecular complexity index is 940. The highest BCUT2D eigenvalue weighted by Crippen LogP contribution is 2.32. The van der Waals surface area contributed by atoms with Gasteiger partial charge in [0.05, 0.1) is 10.2 Å². The first-order valence-electron chi connectivity index (χ1n) is 9.23. The summed E-state index contributed by atoms with van der Waals surface area (Å²) in [6.45, 7) is 3.65. The normalized spacial score (nSPS) is 11.3. The highest BCUT2D eigenvalue weighted by Gasteiger charge is 2.21. The van der Waals surface area contributed by atoms with Crippen molar-refractivity contribution in [3.8, 4) is 0 Å². The molecule has 0 unspecified atom stereocenters. The minimum absolute atomic E-state index is 0.0167. The Balaban J connectivity index is 1.89. The van der Waals surface area contributed by atoms with Gasteiger partial charge in [-0.05, 0) is 75.3 Å². The van der Waals surface area contributed by atoms with Gasteiger partial charge in [0.15, 0.2) is 5.13 Å². The van der Waals surface area contributed by atoms with Crippen LogP contribution in [-0.2, 0) is 0 Å². The third-order valence-corrected chi connectivity index (χ3v) is 6.38. The summed E-state index contributed by atoms with van der Waals surface area (Å²) in [6, 6.07) is 13.5. The van der Waals surface area contributed by atoms with E-state index < -0.39 is 0 Å². The minimum atomic E-state index is -0.0167. The number of benzene rings is 2. The van der Waals surface area contributed by atoms with Crippen molar-refractivity contribution in [2.45, 2.75) is 18.2 Å². The van der Waals surface area contributed by atoms with Crippen LogP contribution >= 0.6 is 34.7 Å². The monoisotopic (exact) mass is 433 g/mol. The molecule has 0 fully saturated rings. The predicted molar refractivity (Wildman–Crippen MR) is 122 cm³/mol. The number of hydrogen-bond donors (Lipinski definition) is 0. The van der Waals surface area contributed by atoms with Gasteiger partial charge in [0.25, 0.3) is 5.91 Å². The van der Waals surface area contributed by atoms with Gasteiger partial charge in [-0.1, -0.05) is 29.9 Å². The summed E-state index contributed by atoms with van der Waals surface area (Å²) >= 11 is 9.39. The zero-order chi connectivity index (χ0) is 20.1. The lowest BCUT2D eigenvalue weighted by Crippen LogP contribution is -2.33. The van der Waals surface area contributed by atoms with Crippen LogP contribution in [0.2, 0.25) is 5.02 Å². The van der Waals surface area contributed by atoms with Gasteiger partial charge in [0.2, 0.25) is 0 Å². The fourth-order valence-electron chi connectivity index (χ4n) is 2.85. The van der Waals surface area contributed by atoms with Gasteiger partial charge in [-0.3, -0.25) is 9.69 Å². The van der Waals surface area contributed by atoms with Crippen molar-refractivity contribution in [2.75, 3.05) is 37.8 Å². The topological polar surface area (TPSA) is 36.4 Å². The standard InChI is InChI=1S/C21H24ClN3OS2/c1-4-27-17-9-6-15(7-10-17)20(26)25(13-5-12-24(2)3)21-23-18-11-8-16(22)14-19(18)28-21/h6-11,14H,4-5,12-13H2,1-3H3. The molecule has 3 rings (SSSR count). The predicted octanol–water partition coefficient (Wildman–Crippen LogP) is 5.66. The summed E-state index contributed by atoms with van der Waals surface area (Å²) in [4.78, 5) is 23.1. The minimum Gasteiger partial charge on any atom is -0.309 e. The van der Waals surface area contributed by atoms with Crippen molar-refractivity contribution in [2.24, 2.45) is 0 Å². The fourth-order valence-corrected chi connectivity index (χ4v) is 4.77. The van der Waals surface area contributed by atoms with Gasteiger partial charge in [0, 0.05) is 22.0 Å². The number of carbonyl (C=O) groups is 1. The van der Waals surface area contributed by atoms with E-state index in [0.29, 0.717) is 22.3 Å². The fraction of sp³-hybridized carbons (Fsp3) is 0.333. The van der Waals surface area contributed by atoms with Crippen molar-refractivity contribution >= 4 is 56.0 Å². The van der Waals surface area contributed by atoms with Crippen LogP contribution in [0, 0.1) is 0 Å². The van der Waals surface area contributed by atoms with E-state index in [2.05, 4.69) is 11.8 Å². The number of halogens is 1. The first kappa shape index (κ1) is 21.1. The Morgan fingerprint density at radius 3 is 2.57 bits per heavy atom. The van der Waals surface area contributed by atoms with Crippen LogP contribution in [-0.4, -0.2) is 48.7 Å². The van der Waals surface area contributed by atoms with E-state index in [0.717, 1.165) is 28.9 Å². The van der Waals surface area contributed by atoms with Gasteiger partial charge >= 0.3 is 0 Å². The molecule has 4 nitrogen and oxygen atoms in total. The maximum Gasteiger partial charge on any atom is 0.260 e. The molecule has 0 aliphatic carbocycles. The zero-order valence-corrected chi connectivity index (χ0v) is 18.7. The largest absolute Gasteiger partial charge is 0.309 e. The van der Waals surface area contributed by atoms with E-state index in [4.69, 9.17) is 16.6 Å². The smallest absolute Gasteiger partial charge is 0.260 e. The van der Waals surface area contributed by atoms with Crippen LogP contribution in [0.3, 0.4) is 0 Å². The number of nitrogens with zero attached hydrogens (tertiary/aromatic N) is 3. The number of anilines is 1. The molecule has 0 aliphatic rings. The molecule has 0 spiro atoms. The maximum absolute atomic E-state index is 13.3. The third-order valence-electron chi connectivity index (χ3n) is 4.21. The molecular weight excluding hydrogens is 410 g/mol. The second-order valence-corrected chi connectivity index (χ2v) is 9.46. The van der Waals surface area contributed by atoms with E-state index in [9.17, 15) is 4.79 Å². The Morgan fingerprint density at radius 2 is 1.89 bits per heavy atom. The second-order valence-electron chi connectivity index (χ2n) is 6.68. The van der Waals surface area contributed by atoms with Gasteiger partial charge in [0.1, 0.15) is 0 Å². The molecule has 0 N–H and O–H groups in total. The average Bonchev–Trinajstić information content (AvgIpc) is 3.08. The molecule has 28 heavy (non-hydrogen) atoms. The molecule has 1 amide bonds. The van der Waals surface area contributed by atoms with Crippen LogP contribution in [0.4, 0.5) is 5.13 Å². The van der Waals surface area contributed by atoms with E-state index in [1.54, 1.807) is 16.7 Å². The Labute approximate surface area is 179 Å². The van der Waals surface area contributed by atoms with Crippen LogP contribution in [0.1, 0.15) is 23.7 Å². The van der Waals surface area contributed by atoms with Crippen molar-refractivity contribution in [3.05, 3.63) is 53.1 Å². The summed E-state index contributed by atoms with van der Waals surface area (Å²) in [5.74, 6) is 0.995. The lowest BCUT2D eigenvalue weighted by molar-refractivity contribution is 0.0986. The number of rotatable bonds is 8. The zero-order valence-electron chi connectivity index (χ0n) is 16.3. The first-order valence-corrected chi connectivity index (χ1v) is 11.4. The van der Waals surface area contributed by atoms with Gasteiger partial charge < -0.3 is 4.90 Å². The molecule has 0 bridgehead atoms. The molecule has 3 aromatic rings. The van der Waals surface area contributed by atoms with E-state index >= 15 is 0 Å². The summed E-state index contributed by atoms with van der Waals surface area (Å²) < 4.78 is 0.989. The Hall–Kier alpha value is -1.60. The van der Waals surface area contributed by atoms with Gasteiger partial charge in [-0.15, -0.1) is 11.8 Å². The Morgan fingerprint density at radius 1 is 1.14 bits per heavy atom. The molecule has 148 valence electrons. The number of aromatic nitrogens is 1. The van der Waals surface area contributed by atoms with Crippen molar-refractivity contribution in [1.82, 2.24) is 9.88 Å². The summed E-state index contributed by atoms with van der Waals surface area (Å²) in [7, 11) is 4.08. The van der Waals surface area contributed by atoms with Crippen LogP contribution in [0.5, 0.6) is 0 Å². The van der Waals surface area contributed by atoms with Crippen LogP contribution in [0.15, 0.2) is 47.4 Å². The molecule has 0 saturated heterocycles. The molecule has 2 aromatic carbocycles. The number of thioether (sulfide) groups is 1. The molecule has 0 aliphatic heterocycles. The lowest BCUT2D eigenvalue weighted by atomic mass is 10.2. The Kier molecular flexibility index (Phi) is 7.35. The van der Waals surface area contributed by atoms with E-state index in [-0.39, 0.29) is 5.91 Å². The van der Waals surface area contributed by atoms with E-state index in [1.807, 2.05) is 56.6 Å². The van der Waals surface area contributed by atoms with Crippen molar-refractivity contribution < 1.29 is 4.79 Å². The number of amides is 1. The molecule has 0 radical (unpaired) electrons. The molecular formula is C21H24ClN3OS2. The van der Waals surface area contributed by atoms with Crippen LogP contribution < -0.4 is 4.90 Å². The number of fused-ring (bicyclic) bond motifs is 1. The van der Waals surface area contributed by atoms with E-state index in [1.165, 1.54) is 16.2 Å². The maximum atomic E-state index is 13.3. The van der Waals surface area contributed by atoms with Crippen molar-refractivity contribution in [1.29, 1.82) is 0 Å². The molecule has 7 heteroatoms. The highest BCUT2D eigenvalue weighted by molar-refractivity contribution is 7.99. The van der Waals surface area contributed by atoms with Gasteiger partial charge in [-0.25, -0.2) is 4.98 Å². The number of thiazole rings is 1. The number of carbonyl (C=O) groups excluding carboxylic acids is 1. The average molecular weight is 434 g/mol. The summed E-state index contributed by atoms with van der Waals surface area (Å²) in [6.07, 6.45) is 0.874. The summed E-state index contributed by atoms with van der Waals surface area (Å²) in [5.41, 5.74) is 1.55.